The highest BCUT2D eigenvalue weighted by molar-refractivity contribution is 7.89. The molecule has 3 aromatic rings. The van der Waals surface area contributed by atoms with E-state index in [1.54, 1.807) is 11.6 Å². The molecular formula is C20H23N7O4S. The number of piperazine rings is 1. The van der Waals surface area contributed by atoms with Crippen LogP contribution in [0.1, 0.15) is 17.0 Å². The molecule has 1 aliphatic rings. The summed E-state index contributed by atoms with van der Waals surface area (Å²) >= 11 is 0. The quantitative estimate of drug-likeness (QED) is 0.420. The van der Waals surface area contributed by atoms with Crippen molar-refractivity contribution in [1.29, 1.82) is 0 Å². The van der Waals surface area contributed by atoms with Crippen LogP contribution in [0.5, 0.6) is 0 Å². The van der Waals surface area contributed by atoms with Gasteiger partial charge in [0.15, 0.2) is 11.6 Å². The molecule has 1 fully saturated rings. The molecular weight excluding hydrogens is 434 g/mol. The maximum atomic E-state index is 13.0. The number of nitrogens with zero attached hydrogens (tertiary/aromatic N) is 7. The van der Waals surface area contributed by atoms with Crippen LogP contribution in [0.2, 0.25) is 0 Å². The van der Waals surface area contributed by atoms with E-state index in [9.17, 15) is 18.5 Å². The average molecular weight is 458 g/mol. The topological polar surface area (TPSA) is 127 Å². The van der Waals surface area contributed by atoms with Crippen LogP contribution in [0.4, 0.5) is 11.5 Å². The van der Waals surface area contributed by atoms with E-state index < -0.39 is 14.9 Å². The number of aryl methyl sites for hydroxylation is 3. The van der Waals surface area contributed by atoms with E-state index in [-0.39, 0.29) is 23.7 Å². The second-order valence-electron chi connectivity index (χ2n) is 7.69. The van der Waals surface area contributed by atoms with Gasteiger partial charge in [-0.1, -0.05) is 6.07 Å². The molecule has 12 heteroatoms. The van der Waals surface area contributed by atoms with Crippen molar-refractivity contribution >= 4 is 21.5 Å². The zero-order valence-corrected chi connectivity index (χ0v) is 18.8. The van der Waals surface area contributed by atoms with E-state index in [1.807, 2.05) is 36.9 Å². The first-order chi connectivity index (χ1) is 15.2. The molecule has 0 bridgehead atoms. The number of benzene rings is 1. The van der Waals surface area contributed by atoms with Crippen molar-refractivity contribution < 1.29 is 13.3 Å². The summed E-state index contributed by atoms with van der Waals surface area (Å²) in [6, 6.07) is 9.62. The van der Waals surface area contributed by atoms with Gasteiger partial charge in [-0.15, -0.1) is 10.2 Å². The second kappa shape index (κ2) is 8.28. The van der Waals surface area contributed by atoms with Gasteiger partial charge in [0.05, 0.1) is 15.5 Å². The molecule has 0 aliphatic carbocycles. The predicted octanol–water partition coefficient (Wildman–Crippen LogP) is 2.01. The van der Waals surface area contributed by atoms with E-state index in [0.717, 1.165) is 17.5 Å². The van der Waals surface area contributed by atoms with Crippen LogP contribution in [0.3, 0.4) is 0 Å². The number of nitro benzene ring substituents is 1. The van der Waals surface area contributed by atoms with Crippen LogP contribution in [0.25, 0.3) is 5.82 Å². The third-order valence-corrected chi connectivity index (χ3v) is 7.34. The maximum Gasteiger partial charge on any atom is 0.273 e. The molecule has 4 rings (SSSR count). The van der Waals surface area contributed by atoms with Gasteiger partial charge < -0.3 is 4.90 Å². The Kier molecular flexibility index (Phi) is 5.65. The number of aromatic nitrogens is 4. The fourth-order valence-corrected chi connectivity index (χ4v) is 5.16. The van der Waals surface area contributed by atoms with Gasteiger partial charge in [0.1, 0.15) is 0 Å². The summed E-state index contributed by atoms with van der Waals surface area (Å²) in [5.74, 6) is 1.26. The number of sulfonamides is 1. The molecule has 11 nitrogen and oxygen atoms in total. The lowest BCUT2D eigenvalue weighted by Gasteiger charge is -2.34. The van der Waals surface area contributed by atoms with E-state index in [1.165, 1.54) is 16.4 Å². The monoisotopic (exact) mass is 457 g/mol. The largest absolute Gasteiger partial charge is 0.352 e. The average Bonchev–Trinajstić information content (AvgIpc) is 3.11. The summed E-state index contributed by atoms with van der Waals surface area (Å²) < 4.78 is 29.1. The van der Waals surface area contributed by atoms with Gasteiger partial charge in [-0.05, 0) is 45.0 Å². The van der Waals surface area contributed by atoms with Gasteiger partial charge in [-0.2, -0.15) is 9.40 Å². The Balaban J connectivity index is 1.46. The smallest absolute Gasteiger partial charge is 0.273 e. The van der Waals surface area contributed by atoms with Crippen molar-refractivity contribution in [3.05, 3.63) is 63.5 Å². The fraction of sp³-hybridized carbons (Fsp3) is 0.350. The van der Waals surface area contributed by atoms with Crippen LogP contribution in [0, 0.1) is 30.9 Å². The van der Waals surface area contributed by atoms with Crippen LogP contribution in [-0.2, 0) is 10.0 Å². The van der Waals surface area contributed by atoms with E-state index in [0.29, 0.717) is 30.3 Å². The van der Waals surface area contributed by atoms with Crippen LogP contribution >= 0.6 is 0 Å². The molecule has 1 saturated heterocycles. The molecule has 1 aliphatic heterocycles. The van der Waals surface area contributed by atoms with Crippen molar-refractivity contribution in [2.24, 2.45) is 0 Å². The minimum atomic E-state index is -3.83. The highest BCUT2D eigenvalue weighted by atomic mass is 32.2. The second-order valence-corrected chi connectivity index (χ2v) is 9.62. The predicted molar refractivity (Wildman–Crippen MR) is 117 cm³/mol. The molecule has 1 aromatic carbocycles. The van der Waals surface area contributed by atoms with Crippen molar-refractivity contribution in [1.82, 2.24) is 24.3 Å². The first kappa shape index (κ1) is 21.8. The summed E-state index contributed by atoms with van der Waals surface area (Å²) in [6.45, 7) is 6.78. The van der Waals surface area contributed by atoms with Crippen LogP contribution < -0.4 is 4.90 Å². The van der Waals surface area contributed by atoms with Crippen molar-refractivity contribution in [3.8, 4) is 5.82 Å². The highest BCUT2D eigenvalue weighted by Gasteiger charge is 2.30. The molecule has 0 spiro atoms. The zero-order valence-electron chi connectivity index (χ0n) is 18.0. The summed E-state index contributed by atoms with van der Waals surface area (Å²) in [5, 5.41) is 24.1. The summed E-state index contributed by atoms with van der Waals surface area (Å²) in [6.07, 6.45) is 0. The Morgan fingerprint density at radius 1 is 0.938 bits per heavy atom. The normalized spacial score (nSPS) is 15.2. The Hall–Kier alpha value is -3.38. The number of nitro groups is 1. The van der Waals surface area contributed by atoms with Crippen LogP contribution in [0.15, 0.2) is 41.3 Å². The first-order valence-corrected chi connectivity index (χ1v) is 11.5. The van der Waals surface area contributed by atoms with Gasteiger partial charge in [-0.3, -0.25) is 10.1 Å². The summed E-state index contributed by atoms with van der Waals surface area (Å²) in [5.41, 5.74) is 2.06. The number of anilines is 1. The lowest BCUT2D eigenvalue weighted by molar-refractivity contribution is -0.385. The van der Waals surface area contributed by atoms with E-state index >= 15 is 0 Å². The molecule has 0 N–H and O–H groups in total. The Morgan fingerprint density at radius 3 is 2.16 bits per heavy atom. The first-order valence-electron chi connectivity index (χ1n) is 10.0. The zero-order chi connectivity index (χ0) is 23.0. The third-order valence-electron chi connectivity index (χ3n) is 5.44. The van der Waals surface area contributed by atoms with Crippen molar-refractivity contribution in [3.63, 3.8) is 0 Å². The van der Waals surface area contributed by atoms with Gasteiger partial charge in [-0.25, -0.2) is 13.1 Å². The Labute approximate surface area is 185 Å². The lowest BCUT2D eigenvalue weighted by Crippen LogP contribution is -2.49. The maximum absolute atomic E-state index is 13.0. The van der Waals surface area contributed by atoms with Crippen LogP contribution in [-0.4, -0.2) is 63.8 Å². The minimum Gasteiger partial charge on any atom is -0.352 e. The minimum absolute atomic E-state index is 0.0720. The molecule has 2 aromatic heterocycles. The Morgan fingerprint density at radius 2 is 1.59 bits per heavy atom. The molecule has 3 heterocycles. The Bertz CT molecular complexity index is 1260. The lowest BCUT2D eigenvalue weighted by atomic mass is 10.2. The molecule has 0 saturated carbocycles. The molecule has 0 unspecified atom stereocenters. The van der Waals surface area contributed by atoms with E-state index in [4.69, 9.17) is 0 Å². The molecule has 32 heavy (non-hydrogen) atoms. The molecule has 0 atom stereocenters. The summed E-state index contributed by atoms with van der Waals surface area (Å²) in [4.78, 5) is 12.5. The SMILES string of the molecule is Cc1cc(C)n(-c2ccc(N3CCN(S(=O)(=O)c4ccc(C)c([N+](=O)[O-])c4)CC3)nn2)n1. The van der Waals surface area contributed by atoms with Gasteiger partial charge in [0.2, 0.25) is 10.0 Å². The summed E-state index contributed by atoms with van der Waals surface area (Å²) in [7, 11) is -3.83. The van der Waals surface area contributed by atoms with Crippen molar-refractivity contribution in [2.45, 2.75) is 25.7 Å². The van der Waals surface area contributed by atoms with Gasteiger partial charge in [0, 0.05) is 43.5 Å². The van der Waals surface area contributed by atoms with Crippen molar-refractivity contribution in [2.75, 3.05) is 31.1 Å². The van der Waals surface area contributed by atoms with E-state index in [2.05, 4.69) is 15.3 Å². The molecule has 0 amide bonds. The molecule has 168 valence electrons. The number of hydrogen-bond acceptors (Lipinski definition) is 8. The number of hydrogen-bond donors (Lipinski definition) is 0. The fourth-order valence-electron chi connectivity index (χ4n) is 3.71. The molecule has 0 radical (unpaired) electrons. The van der Waals surface area contributed by atoms with Gasteiger partial charge in [0.25, 0.3) is 5.69 Å². The standard InChI is InChI=1S/C20H23N7O4S/c1-14-4-5-17(13-18(14)27(28)29)32(30,31)25-10-8-24(9-11-25)19-6-7-20(22-21-19)26-16(3)12-15(2)23-26/h4-7,12-13H,8-11H2,1-3H3. The highest BCUT2D eigenvalue weighted by Crippen LogP contribution is 2.26. The van der Waals surface area contributed by atoms with Gasteiger partial charge >= 0.3 is 0 Å². The third kappa shape index (κ3) is 4.06. The number of rotatable bonds is 5.